The lowest BCUT2D eigenvalue weighted by Crippen LogP contribution is -2.15. The predicted octanol–water partition coefficient (Wildman–Crippen LogP) is 22.6. The Morgan fingerprint density at radius 1 is 0.171 bits per heavy atom. The Labute approximate surface area is 480 Å². The van der Waals surface area contributed by atoms with Crippen LogP contribution in [0.4, 0.5) is 0 Å². The van der Waals surface area contributed by atoms with Gasteiger partial charge in [-0.3, -0.25) is 0 Å². The second-order valence-electron chi connectivity index (χ2n) is 23.9. The Kier molecular flexibility index (Phi) is 10.7. The zero-order chi connectivity index (χ0) is 54.8. The Balaban J connectivity index is 0.684. The van der Waals surface area contributed by atoms with E-state index < -0.39 is 0 Å². The monoisotopic (exact) mass is 1040 g/mol. The van der Waals surface area contributed by atoms with Crippen LogP contribution in [0.15, 0.2) is 279 Å². The van der Waals surface area contributed by atoms with Gasteiger partial charge in [0.1, 0.15) is 0 Å². The van der Waals surface area contributed by atoms with E-state index in [1.165, 1.54) is 165 Å². The molecule has 0 spiro atoms. The van der Waals surface area contributed by atoms with Gasteiger partial charge in [-0.05, 0) is 190 Å². The van der Waals surface area contributed by atoms with Gasteiger partial charge in [0.05, 0.1) is 0 Å². The molecule has 82 heavy (non-hydrogen) atoms. The van der Waals surface area contributed by atoms with Crippen LogP contribution < -0.4 is 0 Å². The molecule has 0 saturated carbocycles. The third kappa shape index (κ3) is 7.31. The van der Waals surface area contributed by atoms with Gasteiger partial charge >= 0.3 is 0 Å². The molecule has 0 aromatic heterocycles. The van der Waals surface area contributed by atoms with Crippen LogP contribution in [0.25, 0.3) is 143 Å². The normalized spacial score (nSPS) is 13.6. The first kappa shape index (κ1) is 48.1. The highest BCUT2D eigenvalue weighted by atomic mass is 14.4. The molecule has 0 unspecified atom stereocenters. The minimum atomic E-state index is -0.176. The van der Waals surface area contributed by atoms with E-state index in [9.17, 15) is 0 Å². The summed E-state index contributed by atoms with van der Waals surface area (Å²) in [5.41, 5.74) is 28.1. The van der Waals surface area contributed by atoms with Crippen LogP contribution in [0.2, 0.25) is 0 Å². The fourth-order valence-electron chi connectivity index (χ4n) is 14.6. The van der Waals surface area contributed by atoms with Crippen molar-refractivity contribution in [3.8, 4) is 100 Å². The van der Waals surface area contributed by atoms with Crippen LogP contribution in [0.1, 0.15) is 49.9 Å². The minimum absolute atomic E-state index is 0.176. The molecule has 386 valence electrons. The van der Waals surface area contributed by atoms with Gasteiger partial charge in [-0.25, -0.2) is 0 Å². The number of hydrogen-bond donors (Lipinski definition) is 0. The van der Waals surface area contributed by atoms with Gasteiger partial charge in [0.25, 0.3) is 0 Å². The van der Waals surface area contributed by atoms with Crippen molar-refractivity contribution in [3.05, 3.63) is 301 Å². The third-order valence-electron chi connectivity index (χ3n) is 18.7. The van der Waals surface area contributed by atoms with Crippen molar-refractivity contribution in [3.63, 3.8) is 0 Å². The summed E-state index contributed by atoms with van der Waals surface area (Å²) in [6, 6.07) is 105. The second-order valence-corrected chi connectivity index (χ2v) is 23.9. The highest BCUT2D eigenvalue weighted by molar-refractivity contribution is 6.23. The summed E-state index contributed by atoms with van der Waals surface area (Å²) in [4.78, 5) is 0. The molecular formula is C82H58. The SMILES string of the molecule is CC1(C)c2cc(-c3ccc(-c4c5ccccc5c(-c5ccccc5)c5ccccc45)cc3)ccc2-c2ccc(-c3ccc4c(c3)C(C)(C)c3cc(-c5ccc(-c6c7ccccc7c(-c7ccccc7)c7ccccc67)cc5)ccc3-4)cc21. The van der Waals surface area contributed by atoms with Crippen molar-refractivity contribution in [2.24, 2.45) is 0 Å². The van der Waals surface area contributed by atoms with E-state index in [1.54, 1.807) is 0 Å². The predicted molar refractivity (Wildman–Crippen MR) is 350 cm³/mol. The smallest absolute Gasteiger partial charge is 0.0159 e. The number of rotatable bonds is 7. The molecule has 14 aromatic rings. The highest BCUT2D eigenvalue weighted by Gasteiger charge is 2.38. The molecule has 0 aliphatic heterocycles. The summed E-state index contributed by atoms with van der Waals surface area (Å²) < 4.78 is 0. The number of hydrogen-bond acceptors (Lipinski definition) is 0. The van der Waals surface area contributed by atoms with Crippen molar-refractivity contribution < 1.29 is 0 Å². The molecule has 0 atom stereocenters. The van der Waals surface area contributed by atoms with E-state index in [4.69, 9.17) is 0 Å². The molecule has 2 aliphatic carbocycles. The van der Waals surface area contributed by atoms with Crippen molar-refractivity contribution in [1.82, 2.24) is 0 Å². The fourth-order valence-corrected chi connectivity index (χ4v) is 14.6. The van der Waals surface area contributed by atoms with Crippen LogP contribution >= 0.6 is 0 Å². The molecule has 0 bridgehead atoms. The Hall–Kier alpha value is -9.88. The summed E-state index contributed by atoms with van der Waals surface area (Å²) in [7, 11) is 0. The molecule has 0 N–H and O–H groups in total. The van der Waals surface area contributed by atoms with Gasteiger partial charge in [-0.1, -0.05) is 282 Å². The largest absolute Gasteiger partial charge is 0.0622 e. The number of fused-ring (bicyclic) bond motifs is 10. The van der Waals surface area contributed by atoms with E-state index in [0.717, 1.165) is 0 Å². The van der Waals surface area contributed by atoms with Gasteiger partial charge < -0.3 is 0 Å². The van der Waals surface area contributed by atoms with Crippen LogP contribution in [0, 0.1) is 0 Å². The van der Waals surface area contributed by atoms with Crippen LogP contribution in [0.3, 0.4) is 0 Å². The third-order valence-corrected chi connectivity index (χ3v) is 18.7. The van der Waals surface area contributed by atoms with Gasteiger partial charge in [0.2, 0.25) is 0 Å². The maximum atomic E-state index is 2.48. The molecule has 0 heterocycles. The Morgan fingerprint density at radius 2 is 0.354 bits per heavy atom. The first-order valence-corrected chi connectivity index (χ1v) is 29.0. The summed E-state index contributed by atoms with van der Waals surface area (Å²) in [5, 5.41) is 10.2. The summed E-state index contributed by atoms with van der Waals surface area (Å²) in [5.74, 6) is 0. The quantitative estimate of drug-likeness (QED) is 0.140. The topological polar surface area (TPSA) is 0 Å². The van der Waals surface area contributed by atoms with Crippen molar-refractivity contribution in [1.29, 1.82) is 0 Å². The fraction of sp³-hybridized carbons (Fsp3) is 0.0732. The van der Waals surface area contributed by atoms with Crippen molar-refractivity contribution in [2.45, 2.75) is 38.5 Å². The molecule has 0 radical (unpaired) electrons. The molecule has 0 nitrogen and oxygen atoms in total. The maximum Gasteiger partial charge on any atom is 0.0159 e. The number of benzene rings is 14. The maximum absolute atomic E-state index is 2.48. The molecule has 14 aromatic carbocycles. The lowest BCUT2D eigenvalue weighted by molar-refractivity contribution is 0.660. The second kappa shape index (κ2) is 18.3. The Bertz CT molecular complexity index is 4490. The highest BCUT2D eigenvalue weighted by Crippen LogP contribution is 2.54. The zero-order valence-electron chi connectivity index (χ0n) is 46.6. The molecule has 2 aliphatic rings. The lowest BCUT2D eigenvalue weighted by Gasteiger charge is -2.24. The summed E-state index contributed by atoms with van der Waals surface area (Å²) in [6.45, 7) is 9.63. The van der Waals surface area contributed by atoms with E-state index in [1.807, 2.05) is 0 Å². The van der Waals surface area contributed by atoms with Crippen molar-refractivity contribution >= 4 is 43.1 Å². The molecule has 0 heteroatoms. The average molecular weight is 1040 g/mol. The van der Waals surface area contributed by atoms with Crippen LogP contribution in [-0.4, -0.2) is 0 Å². The van der Waals surface area contributed by atoms with E-state index >= 15 is 0 Å². The summed E-state index contributed by atoms with van der Waals surface area (Å²) >= 11 is 0. The van der Waals surface area contributed by atoms with E-state index in [0.29, 0.717) is 0 Å². The van der Waals surface area contributed by atoms with Crippen LogP contribution in [0.5, 0.6) is 0 Å². The zero-order valence-corrected chi connectivity index (χ0v) is 46.6. The molecule has 16 rings (SSSR count). The minimum Gasteiger partial charge on any atom is -0.0622 e. The summed E-state index contributed by atoms with van der Waals surface area (Å²) in [6.07, 6.45) is 0. The molecular weight excluding hydrogens is 985 g/mol. The first-order chi connectivity index (χ1) is 40.2. The van der Waals surface area contributed by atoms with E-state index in [-0.39, 0.29) is 10.8 Å². The van der Waals surface area contributed by atoms with Crippen molar-refractivity contribution in [2.75, 3.05) is 0 Å². The molecule has 0 amide bonds. The first-order valence-electron chi connectivity index (χ1n) is 29.0. The standard InChI is InChI=1S/C82H58/c1-81(2)73-47-57(51-31-35-55(36-32-51)79-69-27-15-11-23-65(69)77(53-19-7-5-8-20-53)66-24-12-16-28-70(66)79)39-43-61(73)63-45-41-59(49-75(63)81)60-42-46-64-62-44-40-58(48-74(62)82(3,4)76(64)50-60)52-33-37-56(38-34-52)80-71-29-17-13-25-67(71)78(54-21-9-6-10-22-54)68-26-14-18-30-72(68)80/h5-50H,1-4H3. The lowest BCUT2D eigenvalue weighted by atomic mass is 9.79. The molecule has 0 fully saturated rings. The van der Waals surface area contributed by atoms with Gasteiger partial charge in [0.15, 0.2) is 0 Å². The molecule has 0 saturated heterocycles. The van der Waals surface area contributed by atoms with Gasteiger partial charge in [-0.2, -0.15) is 0 Å². The Morgan fingerprint density at radius 3 is 0.598 bits per heavy atom. The average Bonchev–Trinajstić information content (AvgIpc) is 4.14. The van der Waals surface area contributed by atoms with Crippen LogP contribution in [-0.2, 0) is 10.8 Å². The van der Waals surface area contributed by atoms with Gasteiger partial charge in [-0.15, -0.1) is 0 Å². The van der Waals surface area contributed by atoms with Gasteiger partial charge in [0, 0.05) is 10.8 Å². The van der Waals surface area contributed by atoms with E-state index in [2.05, 4.69) is 307 Å².